The van der Waals surface area contributed by atoms with Crippen LogP contribution in [0.15, 0.2) is 0 Å². The molecule has 0 bridgehead atoms. The molecule has 0 aliphatic carbocycles. The summed E-state index contributed by atoms with van der Waals surface area (Å²) >= 11 is 0. The van der Waals surface area contributed by atoms with Crippen LogP contribution in [0.2, 0.25) is 0 Å². The minimum absolute atomic E-state index is 0.154. The average Bonchev–Trinajstić information content (AvgIpc) is 2.96. The quantitative estimate of drug-likeness (QED) is 0.0817. The first-order valence-corrected chi connectivity index (χ1v) is 17.7. The van der Waals surface area contributed by atoms with E-state index in [0.29, 0.717) is 0 Å². The van der Waals surface area contributed by atoms with Crippen molar-refractivity contribution in [1.29, 1.82) is 0 Å². The molecule has 0 atom stereocenters. The molecule has 0 rings (SSSR count). The Balaban J connectivity index is 3.25. The molecule has 0 aromatic rings. The molecule has 0 spiro atoms. The summed E-state index contributed by atoms with van der Waals surface area (Å²) in [5.41, 5.74) is 0.309. The van der Waals surface area contributed by atoms with Crippen molar-refractivity contribution in [1.82, 2.24) is 0 Å². The Morgan fingerprint density at radius 3 is 0.579 bits per heavy atom. The third-order valence-corrected chi connectivity index (χ3v) is 9.96. The van der Waals surface area contributed by atoms with Gasteiger partial charge in [0.25, 0.3) is 0 Å². The van der Waals surface area contributed by atoms with Gasteiger partial charge >= 0.3 is 0 Å². The Labute approximate surface area is 242 Å². The maximum absolute atomic E-state index is 5.80. The molecular formula is C36H74O2. The molecule has 0 N–H and O–H groups in total. The van der Waals surface area contributed by atoms with Crippen LogP contribution in [0.3, 0.4) is 0 Å². The second-order valence-corrected chi connectivity index (χ2v) is 12.5. The number of rotatable bonds is 31. The fourth-order valence-corrected chi connectivity index (χ4v) is 6.42. The molecule has 230 valence electrons. The molecule has 0 aromatic heterocycles. The molecule has 2 heteroatoms. The highest BCUT2D eigenvalue weighted by molar-refractivity contribution is 4.77. The topological polar surface area (TPSA) is 18.5 Å². The SMILES string of the molecule is CCC(CC)(CCCCCCCCCCCCCCCCCCCCCCCCC(CC)(CC)OC)OC. The van der Waals surface area contributed by atoms with Gasteiger partial charge in [0.15, 0.2) is 0 Å². The lowest BCUT2D eigenvalue weighted by molar-refractivity contribution is -0.0256. The van der Waals surface area contributed by atoms with Gasteiger partial charge in [-0.3, -0.25) is 0 Å². The summed E-state index contributed by atoms with van der Waals surface area (Å²) in [5.74, 6) is 0. The standard InChI is InChI=1S/C36H74O2/c1-7-35(8-2,37-5)33-31-29-27-25-23-21-19-17-15-13-11-12-14-16-18-20-22-24-26-28-30-32-34-36(9-3,10-4)38-6/h7-34H2,1-6H3. The highest BCUT2D eigenvalue weighted by Gasteiger charge is 2.25. The number of ether oxygens (including phenoxy) is 2. The van der Waals surface area contributed by atoms with Crippen molar-refractivity contribution in [2.24, 2.45) is 0 Å². The van der Waals surface area contributed by atoms with Crippen molar-refractivity contribution < 1.29 is 9.47 Å². The summed E-state index contributed by atoms with van der Waals surface area (Å²) in [6.45, 7) is 9.08. The normalized spacial score (nSPS) is 12.5. The van der Waals surface area contributed by atoms with E-state index in [1.807, 2.05) is 14.2 Å². The average molecular weight is 539 g/mol. The van der Waals surface area contributed by atoms with E-state index in [2.05, 4.69) is 27.7 Å². The first-order valence-electron chi connectivity index (χ1n) is 17.7. The zero-order valence-electron chi connectivity index (χ0n) is 27.6. The van der Waals surface area contributed by atoms with Gasteiger partial charge in [-0.05, 0) is 38.5 Å². The zero-order valence-corrected chi connectivity index (χ0v) is 27.6. The Kier molecular flexibility index (Phi) is 27.1. The van der Waals surface area contributed by atoms with Crippen molar-refractivity contribution in [3.63, 3.8) is 0 Å². The Hall–Kier alpha value is -0.0800. The van der Waals surface area contributed by atoms with Crippen LogP contribution in [0.5, 0.6) is 0 Å². The summed E-state index contributed by atoms with van der Waals surface area (Å²) in [5, 5.41) is 0. The summed E-state index contributed by atoms with van der Waals surface area (Å²) in [6.07, 6.45) is 38.7. The number of unbranched alkanes of at least 4 members (excludes halogenated alkanes) is 21. The molecule has 2 nitrogen and oxygen atoms in total. The number of hydrogen-bond acceptors (Lipinski definition) is 2. The Morgan fingerprint density at radius 1 is 0.289 bits per heavy atom. The van der Waals surface area contributed by atoms with Crippen LogP contribution in [0, 0.1) is 0 Å². The van der Waals surface area contributed by atoms with Crippen LogP contribution in [0.4, 0.5) is 0 Å². The first-order chi connectivity index (χ1) is 18.6. The molecule has 0 amide bonds. The van der Waals surface area contributed by atoms with Crippen LogP contribution >= 0.6 is 0 Å². The van der Waals surface area contributed by atoms with E-state index in [1.165, 1.54) is 154 Å². The second kappa shape index (κ2) is 27.1. The minimum Gasteiger partial charge on any atom is -0.378 e. The van der Waals surface area contributed by atoms with Gasteiger partial charge in [0, 0.05) is 14.2 Å². The van der Waals surface area contributed by atoms with E-state index in [1.54, 1.807) is 0 Å². The highest BCUT2D eigenvalue weighted by Crippen LogP contribution is 2.28. The van der Waals surface area contributed by atoms with Crippen LogP contribution in [-0.2, 0) is 9.47 Å². The summed E-state index contributed by atoms with van der Waals surface area (Å²) in [4.78, 5) is 0. The van der Waals surface area contributed by atoms with Gasteiger partial charge < -0.3 is 9.47 Å². The van der Waals surface area contributed by atoms with E-state index in [-0.39, 0.29) is 11.2 Å². The molecule has 0 radical (unpaired) electrons. The predicted octanol–water partition coefficient (Wildman–Crippen LogP) is 12.8. The molecular weight excluding hydrogens is 464 g/mol. The number of methoxy groups -OCH3 is 2. The van der Waals surface area contributed by atoms with Crippen LogP contribution in [-0.4, -0.2) is 25.4 Å². The molecule has 0 fully saturated rings. The smallest absolute Gasteiger partial charge is 0.0673 e. The molecule has 0 saturated carbocycles. The van der Waals surface area contributed by atoms with Crippen LogP contribution in [0.1, 0.15) is 207 Å². The monoisotopic (exact) mass is 539 g/mol. The third kappa shape index (κ3) is 19.9. The van der Waals surface area contributed by atoms with Crippen LogP contribution in [0.25, 0.3) is 0 Å². The van der Waals surface area contributed by atoms with E-state index in [4.69, 9.17) is 9.47 Å². The largest absolute Gasteiger partial charge is 0.378 e. The lowest BCUT2D eigenvalue weighted by Gasteiger charge is -2.30. The van der Waals surface area contributed by atoms with Crippen molar-refractivity contribution in [3.05, 3.63) is 0 Å². The van der Waals surface area contributed by atoms with Gasteiger partial charge in [0.1, 0.15) is 0 Å². The molecule has 38 heavy (non-hydrogen) atoms. The maximum Gasteiger partial charge on any atom is 0.0673 e. The minimum atomic E-state index is 0.154. The maximum atomic E-state index is 5.80. The van der Waals surface area contributed by atoms with E-state index >= 15 is 0 Å². The Bertz CT molecular complexity index is 394. The molecule has 0 aliphatic heterocycles. The molecule has 0 aromatic carbocycles. The van der Waals surface area contributed by atoms with Gasteiger partial charge in [0.05, 0.1) is 11.2 Å². The first kappa shape index (κ1) is 37.9. The van der Waals surface area contributed by atoms with Gasteiger partial charge in [-0.15, -0.1) is 0 Å². The lowest BCUT2D eigenvalue weighted by atomic mass is 9.90. The van der Waals surface area contributed by atoms with Gasteiger partial charge in [0.2, 0.25) is 0 Å². The fourth-order valence-electron chi connectivity index (χ4n) is 6.42. The van der Waals surface area contributed by atoms with Crippen molar-refractivity contribution in [2.45, 2.75) is 219 Å². The van der Waals surface area contributed by atoms with Gasteiger partial charge in [-0.1, -0.05) is 169 Å². The summed E-state index contributed by atoms with van der Waals surface area (Å²) in [7, 11) is 3.79. The molecule has 0 aliphatic rings. The van der Waals surface area contributed by atoms with Crippen molar-refractivity contribution in [2.75, 3.05) is 14.2 Å². The van der Waals surface area contributed by atoms with Gasteiger partial charge in [-0.25, -0.2) is 0 Å². The predicted molar refractivity (Wildman–Crippen MR) is 171 cm³/mol. The highest BCUT2D eigenvalue weighted by atomic mass is 16.5. The van der Waals surface area contributed by atoms with E-state index in [9.17, 15) is 0 Å². The Morgan fingerprint density at radius 2 is 0.447 bits per heavy atom. The fraction of sp³-hybridized carbons (Fsp3) is 1.00. The van der Waals surface area contributed by atoms with Gasteiger partial charge in [-0.2, -0.15) is 0 Å². The third-order valence-electron chi connectivity index (χ3n) is 9.96. The van der Waals surface area contributed by atoms with Crippen LogP contribution < -0.4 is 0 Å². The zero-order chi connectivity index (χ0) is 28.2. The summed E-state index contributed by atoms with van der Waals surface area (Å²) < 4.78 is 11.6. The molecule has 0 unspecified atom stereocenters. The number of hydrogen-bond donors (Lipinski definition) is 0. The second-order valence-electron chi connectivity index (χ2n) is 12.5. The van der Waals surface area contributed by atoms with E-state index < -0.39 is 0 Å². The lowest BCUT2D eigenvalue weighted by Crippen LogP contribution is -2.29. The summed E-state index contributed by atoms with van der Waals surface area (Å²) in [6, 6.07) is 0. The van der Waals surface area contributed by atoms with Crippen molar-refractivity contribution >= 4 is 0 Å². The molecule has 0 saturated heterocycles. The molecule has 0 heterocycles. The van der Waals surface area contributed by atoms with Crippen molar-refractivity contribution in [3.8, 4) is 0 Å². The van der Waals surface area contributed by atoms with E-state index in [0.717, 1.165) is 25.7 Å².